The lowest BCUT2D eigenvalue weighted by molar-refractivity contribution is -0.137. The van der Waals surface area contributed by atoms with Crippen molar-refractivity contribution in [2.45, 2.75) is 40.0 Å². The van der Waals surface area contributed by atoms with Crippen LogP contribution in [0.1, 0.15) is 39.2 Å². The molecule has 0 spiro atoms. The van der Waals surface area contributed by atoms with Gasteiger partial charge < -0.3 is 4.74 Å². The second kappa shape index (κ2) is 9.13. The minimum atomic E-state index is -0.234. The summed E-state index contributed by atoms with van der Waals surface area (Å²) in [5.41, 5.74) is 2.09. The summed E-state index contributed by atoms with van der Waals surface area (Å²) >= 11 is 0. The van der Waals surface area contributed by atoms with E-state index in [1.165, 1.54) is 19.1 Å². The highest BCUT2D eigenvalue weighted by Crippen LogP contribution is 2.10. The van der Waals surface area contributed by atoms with Crippen LogP contribution in [0.3, 0.4) is 0 Å². The molecule has 1 unspecified atom stereocenters. The van der Waals surface area contributed by atoms with E-state index in [0.717, 1.165) is 11.1 Å². The first-order valence-electron chi connectivity index (χ1n) is 7.20. The van der Waals surface area contributed by atoms with Crippen LogP contribution in [0.15, 0.2) is 54.3 Å². The van der Waals surface area contributed by atoms with Crippen molar-refractivity contribution < 1.29 is 9.53 Å². The zero-order valence-corrected chi connectivity index (χ0v) is 12.6. The summed E-state index contributed by atoms with van der Waals surface area (Å²) in [6.45, 7) is 6.40. The van der Waals surface area contributed by atoms with E-state index in [-0.39, 0.29) is 5.97 Å². The first-order valence-corrected chi connectivity index (χ1v) is 7.20. The third-order valence-electron chi connectivity index (χ3n) is 3.01. The van der Waals surface area contributed by atoms with Crippen molar-refractivity contribution in [1.82, 2.24) is 0 Å². The molecular weight excluding hydrogens is 248 g/mol. The number of rotatable bonds is 7. The number of allylic oxidation sites excluding steroid dienone is 3. The Bertz CT molecular complexity index is 458. The van der Waals surface area contributed by atoms with Crippen LogP contribution in [0.4, 0.5) is 0 Å². The highest BCUT2D eigenvalue weighted by molar-refractivity contribution is 5.73. The van der Waals surface area contributed by atoms with Crippen molar-refractivity contribution in [3.05, 3.63) is 59.9 Å². The van der Waals surface area contributed by atoms with Gasteiger partial charge in [0, 0.05) is 0 Å². The van der Waals surface area contributed by atoms with E-state index in [2.05, 4.69) is 19.9 Å². The number of hydrogen-bond acceptors (Lipinski definition) is 2. The molecule has 0 N–H and O–H groups in total. The van der Waals surface area contributed by atoms with Gasteiger partial charge in [-0.2, -0.15) is 0 Å². The molecule has 0 heterocycles. The van der Waals surface area contributed by atoms with Crippen molar-refractivity contribution in [2.24, 2.45) is 5.92 Å². The van der Waals surface area contributed by atoms with E-state index < -0.39 is 0 Å². The molecule has 2 heteroatoms. The monoisotopic (exact) mass is 272 g/mol. The van der Waals surface area contributed by atoms with Crippen LogP contribution in [-0.4, -0.2) is 5.97 Å². The molecule has 1 aromatic rings. The highest BCUT2D eigenvalue weighted by atomic mass is 16.5. The van der Waals surface area contributed by atoms with Gasteiger partial charge in [0.05, 0.1) is 12.7 Å². The first-order chi connectivity index (χ1) is 9.61. The molecule has 1 aromatic carbocycles. The predicted octanol–water partition coefficient (Wildman–Crippen LogP) is 4.67. The van der Waals surface area contributed by atoms with Crippen LogP contribution in [0.5, 0.6) is 0 Å². The van der Waals surface area contributed by atoms with Gasteiger partial charge in [0.1, 0.15) is 0 Å². The molecule has 1 atom stereocenters. The molecule has 0 aliphatic heterocycles. The molecule has 0 saturated carbocycles. The maximum atomic E-state index is 11.6. The maximum absolute atomic E-state index is 11.6. The standard InChI is InChI=1S/C18H24O2/c1-4-8-15(2)13-16(3)11-12-20-18(19)14-17-9-6-5-7-10-17/h5-7,9-13,15H,4,8,14H2,1-3H3/b12-11+,16-13+. The number of hydrogen-bond donors (Lipinski definition) is 0. The molecule has 20 heavy (non-hydrogen) atoms. The minimum Gasteiger partial charge on any atom is -0.434 e. The summed E-state index contributed by atoms with van der Waals surface area (Å²) in [5.74, 6) is 0.325. The van der Waals surface area contributed by atoms with E-state index in [0.29, 0.717) is 12.3 Å². The van der Waals surface area contributed by atoms with Gasteiger partial charge in [0.25, 0.3) is 0 Å². The van der Waals surface area contributed by atoms with E-state index in [1.807, 2.05) is 43.3 Å². The van der Waals surface area contributed by atoms with Crippen molar-refractivity contribution >= 4 is 5.97 Å². The molecule has 1 rings (SSSR count). The zero-order chi connectivity index (χ0) is 14.8. The maximum Gasteiger partial charge on any atom is 0.315 e. The zero-order valence-electron chi connectivity index (χ0n) is 12.6. The Balaban J connectivity index is 2.38. The molecule has 2 nitrogen and oxygen atoms in total. The predicted molar refractivity (Wildman–Crippen MR) is 83.2 cm³/mol. The van der Waals surface area contributed by atoms with Gasteiger partial charge in [-0.3, -0.25) is 4.79 Å². The molecule has 108 valence electrons. The lowest BCUT2D eigenvalue weighted by atomic mass is 10.0. The highest BCUT2D eigenvalue weighted by Gasteiger charge is 2.02. The Hall–Kier alpha value is -1.83. The van der Waals surface area contributed by atoms with Gasteiger partial charge in [-0.25, -0.2) is 0 Å². The fourth-order valence-electron chi connectivity index (χ4n) is 2.06. The van der Waals surface area contributed by atoms with E-state index in [4.69, 9.17) is 4.74 Å². The Kier molecular flexibility index (Phi) is 7.41. The second-order valence-corrected chi connectivity index (χ2v) is 5.13. The lowest BCUT2D eigenvalue weighted by Crippen LogP contribution is -2.03. The third kappa shape index (κ3) is 6.93. The van der Waals surface area contributed by atoms with Crippen molar-refractivity contribution in [3.63, 3.8) is 0 Å². The van der Waals surface area contributed by atoms with Gasteiger partial charge in [-0.15, -0.1) is 0 Å². The molecule has 0 aliphatic carbocycles. The van der Waals surface area contributed by atoms with Crippen LogP contribution in [-0.2, 0) is 16.0 Å². The van der Waals surface area contributed by atoms with E-state index in [9.17, 15) is 4.79 Å². The topological polar surface area (TPSA) is 26.3 Å². The third-order valence-corrected chi connectivity index (χ3v) is 3.01. The number of benzene rings is 1. The fraction of sp³-hybridized carbons (Fsp3) is 0.389. The summed E-state index contributed by atoms with van der Waals surface area (Å²) in [6, 6.07) is 9.60. The van der Waals surface area contributed by atoms with Crippen molar-refractivity contribution in [2.75, 3.05) is 0 Å². The molecular formula is C18H24O2. The molecule has 0 fully saturated rings. The Morgan fingerprint density at radius 2 is 2.00 bits per heavy atom. The van der Waals surface area contributed by atoms with E-state index in [1.54, 1.807) is 0 Å². The first kappa shape index (κ1) is 16.2. The molecule has 0 saturated heterocycles. The number of carbonyl (C=O) groups excluding carboxylic acids is 1. The fourth-order valence-corrected chi connectivity index (χ4v) is 2.06. The summed E-state index contributed by atoms with van der Waals surface area (Å²) in [5, 5.41) is 0. The molecule has 0 aromatic heterocycles. The van der Waals surface area contributed by atoms with Crippen molar-refractivity contribution in [3.8, 4) is 0 Å². The van der Waals surface area contributed by atoms with Crippen LogP contribution in [0.2, 0.25) is 0 Å². The Morgan fingerprint density at radius 3 is 2.65 bits per heavy atom. The normalized spacial score (nSPS) is 13.4. The Morgan fingerprint density at radius 1 is 1.30 bits per heavy atom. The minimum absolute atomic E-state index is 0.234. The molecule has 0 bridgehead atoms. The largest absolute Gasteiger partial charge is 0.434 e. The van der Waals surface area contributed by atoms with Gasteiger partial charge in [0.2, 0.25) is 0 Å². The van der Waals surface area contributed by atoms with Gasteiger partial charge in [0.15, 0.2) is 0 Å². The smallest absolute Gasteiger partial charge is 0.315 e. The molecule has 0 radical (unpaired) electrons. The van der Waals surface area contributed by atoms with Crippen molar-refractivity contribution in [1.29, 1.82) is 0 Å². The summed E-state index contributed by atoms with van der Waals surface area (Å²) in [6.07, 6.45) is 8.19. The van der Waals surface area contributed by atoms with E-state index >= 15 is 0 Å². The van der Waals surface area contributed by atoms with Gasteiger partial charge in [-0.05, 0) is 30.9 Å². The van der Waals surface area contributed by atoms with Gasteiger partial charge >= 0.3 is 5.97 Å². The average Bonchev–Trinajstić information content (AvgIpc) is 2.39. The van der Waals surface area contributed by atoms with Gasteiger partial charge in [-0.1, -0.05) is 62.2 Å². The second-order valence-electron chi connectivity index (χ2n) is 5.13. The van der Waals surface area contributed by atoms with Crippen LogP contribution in [0.25, 0.3) is 0 Å². The Labute approximate surface area is 122 Å². The van der Waals surface area contributed by atoms with Crippen LogP contribution < -0.4 is 0 Å². The summed E-state index contributed by atoms with van der Waals surface area (Å²) in [4.78, 5) is 11.6. The number of carbonyl (C=O) groups is 1. The quantitative estimate of drug-likeness (QED) is 0.409. The average molecular weight is 272 g/mol. The molecule has 0 amide bonds. The summed E-state index contributed by atoms with van der Waals surface area (Å²) < 4.78 is 5.10. The SMILES string of the molecule is CCCC(C)/C=C(C)/C=C/OC(=O)Cc1ccccc1. The number of ether oxygens (including phenoxy) is 1. The van der Waals surface area contributed by atoms with Crippen LogP contribution >= 0.6 is 0 Å². The number of esters is 1. The summed E-state index contributed by atoms with van der Waals surface area (Å²) in [7, 11) is 0. The molecule has 0 aliphatic rings. The lowest BCUT2D eigenvalue weighted by Gasteiger charge is -2.04. The van der Waals surface area contributed by atoms with Crippen LogP contribution in [0, 0.1) is 5.92 Å².